The highest BCUT2D eigenvalue weighted by Crippen LogP contribution is 2.34. The number of nitrogens with two attached hydrogens (primary N) is 1. The molecule has 0 aliphatic carbocycles. The Balaban J connectivity index is 2.10. The van der Waals surface area contributed by atoms with Crippen molar-refractivity contribution in [1.29, 1.82) is 0 Å². The third kappa shape index (κ3) is 2.71. The van der Waals surface area contributed by atoms with Crippen molar-refractivity contribution in [2.45, 2.75) is 13.8 Å². The van der Waals surface area contributed by atoms with E-state index in [0.29, 0.717) is 11.4 Å². The van der Waals surface area contributed by atoms with Crippen LogP contribution >= 0.6 is 0 Å². The van der Waals surface area contributed by atoms with Crippen LogP contribution in [-0.2, 0) is 0 Å². The molecule has 0 unspecified atom stereocenters. The predicted octanol–water partition coefficient (Wildman–Crippen LogP) is 4.36. The summed E-state index contributed by atoms with van der Waals surface area (Å²) in [5, 5.41) is 0. The van der Waals surface area contributed by atoms with Crippen LogP contribution in [0.3, 0.4) is 0 Å². The molecule has 0 bridgehead atoms. The number of nitrogen functional groups attached to an aromatic ring is 1. The second-order valence-electron chi connectivity index (χ2n) is 5.79. The Morgan fingerprint density at radius 3 is 1.88 bits per heavy atom. The Hall–Kier alpha value is -2.88. The van der Waals surface area contributed by atoms with Gasteiger partial charge >= 0.3 is 0 Å². The third-order valence-corrected chi connectivity index (χ3v) is 4.26. The maximum atomic E-state index is 5.90. The standard InChI is InChI=1S/C20H22N2O2/c1-13-5-6-14(2)22(13)18-10-8-16(12-20(18)24-4)15-7-9-17(21)19(11-15)23-3/h5-12H,21H2,1-4H3. The number of benzene rings is 2. The Kier molecular flexibility index (Phi) is 4.21. The predicted molar refractivity (Wildman–Crippen MR) is 98.2 cm³/mol. The summed E-state index contributed by atoms with van der Waals surface area (Å²) in [5.41, 5.74) is 12.0. The van der Waals surface area contributed by atoms with E-state index in [-0.39, 0.29) is 0 Å². The normalized spacial score (nSPS) is 10.7. The van der Waals surface area contributed by atoms with E-state index in [0.717, 1.165) is 22.6 Å². The molecule has 24 heavy (non-hydrogen) atoms. The summed E-state index contributed by atoms with van der Waals surface area (Å²) >= 11 is 0. The lowest BCUT2D eigenvalue weighted by Gasteiger charge is -2.16. The number of aromatic nitrogens is 1. The van der Waals surface area contributed by atoms with Crippen LogP contribution in [-0.4, -0.2) is 18.8 Å². The van der Waals surface area contributed by atoms with Crippen molar-refractivity contribution < 1.29 is 9.47 Å². The van der Waals surface area contributed by atoms with Crippen LogP contribution in [0.1, 0.15) is 11.4 Å². The summed E-state index contributed by atoms with van der Waals surface area (Å²) in [6.45, 7) is 4.18. The average Bonchev–Trinajstić information content (AvgIpc) is 2.93. The summed E-state index contributed by atoms with van der Waals surface area (Å²) < 4.78 is 13.1. The number of hydrogen-bond donors (Lipinski definition) is 1. The van der Waals surface area contributed by atoms with Gasteiger partial charge in [-0.05, 0) is 61.4 Å². The van der Waals surface area contributed by atoms with Crippen LogP contribution in [0.2, 0.25) is 0 Å². The van der Waals surface area contributed by atoms with E-state index in [9.17, 15) is 0 Å². The number of nitrogens with zero attached hydrogens (tertiary/aromatic N) is 1. The Labute approximate surface area is 142 Å². The van der Waals surface area contributed by atoms with Gasteiger partial charge in [0.15, 0.2) is 0 Å². The minimum Gasteiger partial charge on any atom is -0.495 e. The highest BCUT2D eigenvalue weighted by molar-refractivity contribution is 5.72. The zero-order valence-electron chi connectivity index (χ0n) is 14.5. The molecule has 0 radical (unpaired) electrons. The van der Waals surface area contributed by atoms with Gasteiger partial charge in [0.2, 0.25) is 0 Å². The van der Waals surface area contributed by atoms with Crippen LogP contribution in [0.25, 0.3) is 16.8 Å². The summed E-state index contributed by atoms with van der Waals surface area (Å²) in [6.07, 6.45) is 0. The summed E-state index contributed by atoms with van der Waals surface area (Å²) in [7, 11) is 3.32. The average molecular weight is 322 g/mol. The van der Waals surface area contributed by atoms with Crippen molar-refractivity contribution >= 4 is 5.69 Å². The molecular formula is C20H22N2O2. The number of anilines is 1. The molecule has 0 saturated heterocycles. The SMILES string of the molecule is COc1cc(-c2ccc(-n3c(C)ccc3C)c(OC)c2)ccc1N. The van der Waals surface area contributed by atoms with Gasteiger partial charge in [0.1, 0.15) is 11.5 Å². The first-order chi connectivity index (χ1) is 11.5. The van der Waals surface area contributed by atoms with Gasteiger partial charge in [-0.3, -0.25) is 0 Å². The molecule has 0 saturated carbocycles. The number of rotatable bonds is 4. The van der Waals surface area contributed by atoms with Gasteiger partial charge in [-0.1, -0.05) is 12.1 Å². The fourth-order valence-electron chi connectivity index (χ4n) is 2.98. The lowest BCUT2D eigenvalue weighted by molar-refractivity contribution is 0.412. The van der Waals surface area contributed by atoms with Crippen molar-refractivity contribution in [1.82, 2.24) is 4.57 Å². The Morgan fingerprint density at radius 2 is 1.29 bits per heavy atom. The van der Waals surface area contributed by atoms with E-state index < -0.39 is 0 Å². The van der Waals surface area contributed by atoms with Crippen molar-refractivity contribution in [3.63, 3.8) is 0 Å². The third-order valence-electron chi connectivity index (χ3n) is 4.26. The molecule has 1 aromatic heterocycles. The quantitative estimate of drug-likeness (QED) is 0.726. The van der Waals surface area contributed by atoms with Crippen molar-refractivity contribution in [2.75, 3.05) is 20.0 Å². The van der Waals surface area contributed by atoms with Gasteiger partial charge in [0.05, 0.1) is 25.6 Å². The fraction of sp³-hybridized carbons (Fsp3) is 0.200. The van der Waals surface area contributed by atoms with Gasteiger partial charge in [-0.15, -0.1) is 0 Å². The van der Waals surface area contributed by atoms with E-state index in [1.54, 1.807) is 14.2 Å². The first-order valence-electron chi connectivity index (χ1n) is 7.82. The lowest BCUT2D eigenvalue weighted by Crippen LogP contribution is -2.02. The molecule has 4 heteroatoms. The number of hydrogen-bond acceptors (Lipinski definition) is 3. The van der Waals surface area contributed by atoms with Crippen LogP contribution in [0.5, 0.6) is 11.5 Å². The minimum atomic E-state index is 0.628. The van der Waals surface area contributed by atoms with Crippen LogP contribution < -0.4 is 15.2 Å². The van der Waals surface area contributed by atoms with Gasteiger partial charge < -0.3 is 19.8 Å². The topological polar surface area (TPSA) is 49.4 Å². The number of methoxy groups -OCH3 is 2. The fourth-order valence-corrected chi connectivity index (χ4v) is 2.98. The minimum absolute atomic E-state index is 0.628. The zero-order valence-corrected chi connectivity index (χ0v) is 14.5. The molecular weight excluding hydrogens is 300 g/mol. The van der Waals surface area contributed by atoms with E-state index in [1.165, 1.54) is 11.4 Å². The van der Waals surface area contributed by atoms with E-state index in [2.05, 4.69) is 42.7 Å². The van der Waals surface area contributed by atoms with Gasteiger partial charge in [-0.2, -0.15) is 0 Å². The van der Waals surface area contributed by atoms with Crippen molar-refractivity contribution in [3.05, 3.63) is 59.9 Å². The first-order valence-corrected chi connectivity index (χ1v) is 7.82. The van der Waals surface area contributed by atoms with Gasteiger partial charge in [-0.25, -0.2) is 0 Å². The molecule has 0 aliphatic rings. The number of ether oxygens (including phenoxy) is 2. The van der Waals surface area contributed by atoms with Crippen molar-refractivity contribution in [2.24, 2.45) is 0 Å². The highest BCUT2D eigenvalue weighted by atomic mass is 16.5. The molecule has 4 nitrogen and oxygen atoms in total. The lowest BCUT2D eigenvalue weighted by atomic mass is 10.0. The second-order valence-corrected chi connectivity index (χ2v) is 5.79. The molecule has 0 spiro atoms. The largest absolute Gasteiger partial charge is 0.495 e. The molecule has 1 heterocycles. The smallest absolute Gasteiger partial charge is 0.143 e. The summed E-state index contributed by atoms with van der Waals surface area (Å²) in [4.78, 5) is 0. The summed E-state index contributed by atoms with van der Waals surface area (Å²) in [6, 6.07) is 16.2. The summed E-state index contributed by atoms with van der Waals surface area (Å²) in [5.74, 6) is 1.50. The molecule has 2 aromatic carbocycles. The number of aryl methyl sites for hydroxylation is 2. The Bertz CT molecular complexity index is 862. The molecule has 0 aliphatic heterocycles. The van der Waals surface area contributed by atoms with Crippen LogP contribution in [0.15, 0.2) is 48.5 Å². The Morgan fingerprint density at radius 1 is 0.750 bits per heavy atom. The van der Waals surface area contributed by atoms with Crippen LogP contribution in [0, 0.1) is 13.8 Å². The van der Waals surface area contributed by atoms with Gasteiger partial charge in [0.25, 0.3) is 0 Å². The molecule has 2 N–H and O–H groups in total. The molecule has 3 rings (SSSR count). The maximum absolute atomic E-state index is 5.90. The maximum Gasteiger partial charge on any atom is 0.143 e. The van der Waals surface area contributed by atoms with Gasteiger partial charge in [0, 0.05) is 11.4 Å². The van der Waals surface area contributed by atoms with Crippen molar-refractivity contribution in [3.8, 4) is 28.3 Å². The van der Waals surface area contributed by atoms with E-state index >= 15 is 0 Å². The molecule has 0 atom stereocenters. The zero-order chi connectivity index (χ0) is 17.3. The monoisotopic (exact) mass is 322 g/mol. The van der Waals surface area contributed by atoms with E-state index in [4.69, 9.17) is 15.2 Å². The second kappa shape index (κ2) is 6.32. The molecule has 124 valence electrons. The van der Waals surface area contributed by atoms with Crippen LogP contribution in [0.4, 0.5) is 5.69 Å². The molecule has 0 fully saturated rings. The highest BCUT2D eigenvalue weighted by Gasteiger charge is 2.12. The molecule has 0 amide bonds. The molecule has 3 aromatic rings. The first kappa shape index (κ1) is 16.0. The van der Waals surface area contributed by atoms with E-state index in [1.807, 2.05) is 24.3 Å².